The minimum Gasteiger partial charge on any atom is -0.339 e. The molecule has 0 aliphatic carbocycles. The van der Waals surface area contributed by atoms with Crippen molar-refractivity contribution in [2.45, 2.75) is 0 Å². The lowest BCUT2D eigenvalue weighted by Crippen LogP contribution is -2.11. The van der Waals surface area contributed by atoms with Gasteiger partial charge < -0.3 is 10.6 Å². The first kappa shape index (κ1) is 17.7. The van der Waals surface area contributed by atoms with Gasteiger partial charge in [-0.05, 0) is 36.4 Å². The average Bonchev–Trinajstić information content (AvgIpc) is 3.49. The number of anilines is 3. The normalized spacial score (nSPS) is 11.0. The summed E-state index contributed by atoms with van der Waals surface area (Å²) in [6.07, 6.45) is 6.85. The van der Waals surface area contributed by atoms with E-state index in [0.717, 1.165) is 22.3 Å². The van der Waals surface area contributed by atoms with Crippen molar-refractivity contribution in [1.82, 2.24) is 29.8 Å². The molecule has 148 valence electrons. The number of hydrogen-bond donors (Lipinski definition) is 3. The van der Waals surface area contributed by atoms with Crippen molar-refractivity contribution in [2.24, 2.45) is 7.05 Å². The molecule has 0 saturated carbocycles. The Kier molecular flexibility index (Phi) is 4.25. The van der Waals surface area contributed by atoms with Crippen LogP contribution in [0.5, 0.6) is 0 Å². The van der Waals surface area contributed by atoms with Crippen molar-refractivity contribution in [3.63, 3.8) is 0 Å². The predicted octanol–water partition coefficient (Wildman–Crippen LogP) is 3.48. The fourth-order valence-electron chi connectivity index (χ4n) is 3.17. The van der Waals surface area contributed by atoms with Gasteiger partial charge in [-0.3, -0.25) is 14.6 Å². The van der Waals surface area contributed by atoms with E-state index in [1.165, 1.54) is 6.20 Å². The highest BCUT2D eigenvalue weighted by molar-refractivity contribution is 6.04. The van der Waals surface area contributed by atoms with Gasteiger partial charge in [-0.1, -0.05) is 6.07 Å². The summed E-state index contributed by atoms with van der Waals surface area (Å²) in [4.78, 5) is 12.4. The van der Waals surface area contributed by atoms with Gasteiger partial charge in [0.1, 0.15) is 0 Å². The Labute approximate surface area is 171 Å². The lowest BCUT2D eigenvalue weighted by molar-refractivity contribution is 0.102. The number of H-pyrrole nitrogens is 1. The maximum Gasteiger partial charge on any atom is 0.258 e. The fraction of sp³-hybridized carbons (Fsp3) is 0.0476. The molecule has 0 radical (unpaired) electrons. The zero-order valence-corrected chi connectivity index (χ0v) is 16.1. The molecular formula is C21H18N8O. The van der Waals surface area contributed by atoms with Crippen LogP contribution < -0.4 is 10.6 Å². The van der Waals surface area contributed by atoms with Crippen molar-refractivity contribution in [3.8, 4) is 5.69 Å². The van der Waals surface area contributed by atoms with Gasteiger partial charge in [0.05, 0.1) is 29.2 Å². The Morgan fingerprint density at radius 2 is 2.00 bits per heavy atom. The van der Waals surface area contributed by atoms with Crippen LogP contribution in [0.15, 0.2) is 73.3 Å². The van der Waals surface area contributed by atoms with Gasteiger partial charge in [-0.15, -0.1) is 0 Å². The standard InChI is InChI=1S/C21H18N8O/c1-28-13-15(12-23-28)21(30)25-16-3-2-4-18(10-16)29-8-7-20(27-29)24-17-5-6-19-14(9-17)11-22-26-19/h2-13H,1H3,(H,22,26)(H,24,27)(H,25,30). The van der Waals surface area contributed by atoms with Crippen LogP contribution in [-0.2, 0) is 7.05 Å². The van der Waals surface area contributed by atoms with Crippen molar-refractivity contribution in [2.75, 3.05) is 10.6 Å². The van der Waals surface area contributed by atoms with Crippen molar-refractivity contribution in [1.29, 1.82) is 0 Å². The Hall–Kier alpha value is -4.40. The van der Waals surface area contributed by atoms with Crippen molar-refractivity contribution < 1.29 is 4.79 Å². The van der Waals surface area contributed by atoms with Crippen molar-refractivity contribution >= 4 is 34.0 Å². The number of aryl methyl sites for hydroxylation is 1. The van der Waals surface area contributed by atoms with Gasteiger partial charge in [0.15, 0.2) is 5.82 Å². The van der Waals surface area contributed by atoms with Gasteiger partial charge in [0.25, 0.3) is 5.91 Å². The Morgan fingerprint density at radius 3 is 2.87 bits per heavy atom. The van der Waals surface area contributed by atoms with E-state index in [0.29, 0.717) is 17.1 Å². The molecule has 5 aromatic rings. The quantitative estimate of drug-likeness (QED) is 0.420. The third-order valence-electron chi connectivity index (χ3n) is 4.64. The van der Waals surface area contributed by atoms with Crippen LogP contribution in [0, 0.1) is 0 Å². The molecule has 30 heavy (non-hydrogen) atoms. The van der Waals surface area contributed by atoms with E-state index in [-0.39, 0.29) is 5.91 Å². The lowest BCUT2D eigenvalue weighted by Gasteiger charge is -2.07. The molecule has 0 spiro atoms. The number of nitrogens with zero attached hydrogens (tertiary/aromatic N) is 5. The number of aromatic amines is 1. The molecule has 3 heterocycles. The van der Waals surface area contributed by atoms with E-state index in [9.17, 15) is 4.79 Å². The van der Waals surface area contributed by atoms with E-state index in [2.05, 4.69) is 31.0 Å². The number of benzene rings is 2. The summed E-state index contributed by atoms with van der Waals surface area (Å²) in [7, 11) is 1.77. The SMILES string of the molecule is Cn1cc(C(=O)Nc2cccc(-n3ccc(Nc4ccc5[nH]ncc5c4)n3)c2)cn1. The predicted molar refractivity (Wildman–Crippen MR) is 114 cm³/mol. The highest BCUT2D eigenvalue weighted by atomic mass is 16.1. The van der Waals surface area contributed by atoms with E-state index >= 15 is 0 Å². The van der Waals surface area contributed by atoms with Gasteiger partial charge in [-0.25, -0.2) is 4.68 Å². The largest absolute Gasteiger partial charge is 0.339 e. The van der Waals surface area contributed by atoms with E-state index < -0.39 is 0 Å². The molecular weight excluding hydrogens is 380 g/mol. The molecule has 9 heteroatoms. The molecule has 3 aromatic heterocycles. The molecule has 5 rings (SSSR count). The number of carbonyl (C=O) groups excluding carboxylic acids is 1. The minimum atomic E-state index is -0.210. The molecule has 0 unspecified atom stereocenters. The van der Waals surface area contributed by atoms with E-state index in [1.54, 1.807) is 28.8 Å². The monoisotopic (exact) mass is 398 g/mol. The van der Waals surface area contributed by atoms with E-state index in [4.69, 9.17) is 0 Å². The Morgan fingerprint density at radius 1 is 1.07 bits per heavy atom. The number of amides is 1. The first-order valence-corrected chi connectivity index (χ1v) is 9.30. The molecule has 0 saturated heterocycles. The van der Waals surface area contributed by atoms with Crippen LogP contribution in [0.3, 0.4) is 0 Å². The van der Waals surface area contributed by atoms with Gasteiger partial charge in [0, 0.05) is 42.3 Å². The molecule has 0 aliphatic heterocycles. The maximum absolute atomic E-state index is 12.4. The molecule has 2 aromatic carbocycles. The molecule has 3 N–H and O–H groups in total. The summed E-state index contributed by atoms with van der Waals surface area (Å²) in [6, 6.07) is 15.3. The van der Waals surface area contributed by atoms with Crippen LogP contribution in [0.25, 0.3) is 16.6 Å². The third-order valence-corrected chi connectivity index (χ3v) is 4.64. The smallest absolute Gasteiger partial charge is 0.258 e. The first-order valence-electron chi connectivity index (χ1n) is 9.30. The lowest BCUT2D eigenvalue weighted by atomic mass is 10.2. The molecule has 1 amide bonds. The Balaban J connectivity index is 1.33. The fourth-order valence-corrected chi connectivity index (χ4v) is 3.17. The first-order chi connectivity index (χ1) is 14.6. The second-order valence-corrected chi connectivity index (χ2v) is 6.85. The summed E-state index contributed by atoms with van der Waals surface area (Å²) in [5.41, 5.74) is 3.92. The molecule has 0 fully saturated rings. The molecule has 0 aliphatic rings. The summed E-state index contributed by atoms with van der Waals surface area (Å²) in [6.45, 7) is 0. The van der Waals surface area contributed by atoms with Gasteiger partial charge in [0.2, 0.25) is 0 Å². The summed E-state index contributed by atoms with van der Waals surface area (Å²) in [5, 5.41) is 22.8. The zero-order valence-electron chi connectivity index (χ0n) is 16.1. The van der Waals surface area contributed by atoms with Crippen LogP contribution >= 0.6 is 0 Å². The molecule has 0 bridgehead atoms. The van der Waals surface area contributed by atoms with Crippen molar-refractivity contribution in [3.05, 3.63) is 78.9 Å². The number of aromatic nitrogens is 6. The highest BCUT2D eigenvalue weighted by Crippen LogP contribution is 2.21. The van der Waals surface area contributed by atoms with Crippen LogP contribution in [0.1, 0.15) is 10.4 Å². The number of hydrogen-bond acceptors (Lipinski definition) is 5. The molecule has 0 atom stereocenters. The Bertz CT molecular complexity index is 1350. The van der Waals surface area contributed by atoms with Gasteiger partial charge in [-0.2, -0.15) is 15.3 Å². The van der Waals surface area contributed by atoms with Gasteiger partial charge >= 0.3 is 0 Å². The summed E-state index contributed by atoms with van der Waals surface area (Å²) < 4.78 is 3.34. The van der Waals surface area contributed by atoms with Crippen LogP contribution in [0.2, 0.25) is 0 Å². The number of carbonyl (C=O) groups is 1. The topological polar surface area (TPSA) is 105 Å². The van der Waals surface area contributed by atoms with Crippen LogP contribution in [-0.4, -0.2) is 35.7 Å². The summed E-state index contributed by atoms with van der Waals surface area (Å²) in [5.74, 6) is 0.500. The zero-order chi connectivity index (χ0) is 20.5. The number of nitrogens with one attached hydrogen (secondary N) is 3. The van der Waals surface area contributed by atoms with E-state index in [1.807, 2.05) is 54.7 Å². The van der Waals surface area contributed by atoms with Crippen LogP contribution in [0.4, 0.5) is 17.2 Å². The maximum atomic E-state index is 12.4. The average molecular weight is 398 g/mol. The summed E-state index contributed by atoms with van der Waals surface area (Å²) >= 11 is 0. The third kappa shape index (κ3) is 3.51. The molecule has 9 nitrogen and oxygen atoms in total. The highest BCUT2D eigenvalue weighted by Gasteiger charge is 2.09. The minimum absolute atomic E-state index is 0.210. The second-order valence-electron chi connectivity index (χ2n) is 6.85. The number of fused-ring (bicyclic) bond motifs is 1. The number of rotatable bonds is 5. The second kappa shape index (κ2) is 7.21.